The summed E-state index contributed by atoms with van der Waals surface area (Å²) in [5, 5.41) is 4.52. The molecule has 2 aliphatic rings. The Morgan fingerprint density at radius 1 is 1.26 bits per heavy atom. The van der Waals surface area contributed by atoms with Crippen LogP contribution < -0.4 is 5.32 Å². The Kier molecular flexibility index (Phi) is 4.34. The molecule has 0 amide bonds. The summed E-state index contributed by atoms with van der Waals surface area (Å²) in [6.45, 7) is 6.50. The Morgan fingerprint density at radius 3 is 2.89 bits per heavy atom. The Labute approximate surface area is 123 Å². The summed E-state index contributed by atoms with van der Waals surface area (Å²) >= 11 is 4.08. The smallest absolute Gasteiger partial charge is 0.142 e. The van der Waals surface area contributed by atoms with Crippen molar-refractivity contribution >= 4 is 23.5 Å². The second-order valence-corrected chi connectivity index (χ2v) is 7.84. The van der Waals surface area contributed by atoms with Crippen molar-refractivity contribution in [1.29, 1.82) is 0 Å². The Balaban J connectivity index is 1.97. The van der Waals surface area contributed by atoms with Gasteiger partial charge in [0.1, 0.15) is 5.82 Å². The number of thioether (sulfide) groups is 2. The van der Waals surface area contributed by atoms with E-state index >= 15 is 0 Å². The molecule has 1 N–H and O–H groups in total. The zero-order valence-electron chi connectivity index (χ0n) is 11.6. The minimum atomic E-state index is 0.469. The second-order valence-electron chi connectivity index (χ2n) is 5.10. The Morgan fingerprint density at radius 2 is 2.11 bits per heavy atom. The van der Waals surface area contributed by atoms with Crippen LogP contribution in [0, 0.1) is 0 Å². The van der Waals surface area contributed by atoms with Crippen molar-refractivity contribution in [3.63, 3.8) is 0 Å². The van der Waals surface area contributed by atoms with Gasteiger partial charge in [-0.3, -0.25) is 0 Å². The summed E-state index contributed by atoms with van der Waals surface area (Å²) in [5.41, 5.74) is 3.94. The largest absolute Gasteiger partial charge is 0.311 e. The van der Waals surface area contributed by atoms with Crippen molar-refractivity contribution in [3.05, 3.63) is 22.8 Å². The number of nitrogens with one attached hydrogen (secondary N) is 1. The summed E-state index contributed by atoms with van der Waals surface area (Å²) in [6, 6.07) is 0. The van der Waals surface area contributed by atoms with E-state index in [-0.39, 0.29) is 0 Å². The Hall–Kier alpha value is -0.260. The van der Waals surface area contributed by atoms with Crippen LogP contribution in [-0.4, -0.2) is 33.3 Å². The number of hydrogen-bond acceptors (Lipinski definition) is 5. The first kappa shape index (κ1) is 13.7. The van der Waals surface area contributed by atoms with Crippen LogP contribution in [0.1, 0.15) is 41.9 Å². The highest BCUT2D eigenvalue weighted by Crippen LogP contribution is 2.41. The zero-order chi connectivity index (χ0) is 13.2. The molecular weight excluding hydrogens is 274 g/mol. The molecule has 1 aromatic rings. The average Bonchev–Trinajstić information content (AvgIpc) is 2.46. The lowest BCUT2D eigenvalue weighted by molar-refractivity contribution is 0.606. The van der Waals surface area contributed by atoms with Crippen LogP contribution in [0.4, 0.5) is 0 Å². The molecule has 0 aromatic carbocycles. The molecule has 1 aromatic heterocycles. The van der Waals surface area contributed by atoms with Crippen molar-refractivity contribution in [1.82, 2.24) is 15.3 Å². The molecule has 0 bridgehead atoms. The van der Waals surface area contributed by atoms with Crippen molar-refractivity contribution in [3.8, 4) is 0 Å². The van der Waals surface area contributed by atoms with Gasteiger partial charge in [0.2, 0.25) is 0 Å². The molecule has 19 heavy (non-hydrogen) atoms. The summed E-state index contributed by atoms with van der Waals surface area (Å²) in [6.07, 6.45) is 2.11. The second kappa shape index (κ2) is 6.02. The van der Waals surface area contributed by atoms with Crippen LogP contribution in [0.3, 0.4) is 0 Å². The van der Waals surface area contributed by atoms with E-state index in [1.54, 1.807) is 0 Å². The SMILES string of the molecule is CCc1nc(C2SCCSC2C)nc2c1CCNC2. The molecule has 5 heteroatoms. The molecule has 2 aliphatic heterocycles. The summed E-state index contributed by atoms with van der Waals surface area (Å²) < 4.78 is 0. The normalized spacial score (nSPS) is 27.1. The van der Waals surface area contributed by atoms with Crippen molar-refractivity contribution < 1.29 is 0 Å². The lowest BCUT2D eigenvalue weighted by atomic mass is 10.0. The molecule has 1 saturated heterocycles. The lowest BCUT2D eigenvalue weighted by Gasteiger charge is -2.28. The van der Waals surface area contributed by atoms with E-state index < -0.39 is 0 Å². The van der Waals surface area contributed by atoms with Gasteiger partial charge in [-0.05, 0) is 24.9 Å². The van der Waals surface area contributed by atoms with Crippen molar-refractivity contribution in [2.75, 3.05) is 18.1 Å². The average molecular weight is 295 g/mol. The molecule has 3 heterocycles. The van der Waals surface area contributed by atoms with E-state index in [0.717, 1.165) is 31.8 Å². The third-order valence-corrected chi connectivity index (χ3v) is 6.90. The van der Waals surface area contributed by atoms with Crippen LogP contribution in [0.25, 0.3) is 0 Å². The summed E-state index contributed by atoms with van der Waals surface area (Å²) in [4.78, 5) is 9.79. The molecule has 2 unspecified atom stereocenters. The van der Waals surface area contributed by atoms with Crippen LogP contribution in [-0.2, 0) is 19.4 Å². The van der Waals surface area contributed by atoms with Crippen LogP contribution in [0.5, 0.6) is 0 Å². The number of aryl methyl sites for hydroxylation is 1. The maximum atomic E-state index is 4.91. The van der Waals surface area contributed by atoms with Crippen LogP contribution in [0.2, 0.25) is 0 Å². The van der Waals surface area contributed by atoms with Crippen molar-refractivity contribution in [2.45, 2.75) is 43.7 Å². The monoisotopic (exact) mass is 295 g/mol. The van der Waals surface area contributed by atoms with E-state index in [1.165, 1.54) is 28.5 Å². The molecule has 1 fully saturated rings. The highest BCUT2D eigenvalue weighted by atomic mass is 32.2. The van der Waals surface area contributed by atoms with Crippen LogP contribution in [0.15, 0.2) is 0 Å². The van der Waals surface area contributed by atoms with E-state index in [9.17, 15) is 0 Å². The molecule has 0 aliphatic carbocycles. The number of hydrogen-bond donors (Lipinski definition) is 1. The standard InChI is InChI=1S/C14H21N3S2/c1-3-11-10-4-5-15-8-12(10)17-14(16-11)13-9(2)18-6-7-19-13/h9,13,15H,3-8H2,1-2H3. The number of nitrogens with zero attached hydrogens (tertiary/aromatic N) is 2. The topological polar surface area (TPSA) is 37.8 Å². The summed E-state index contributed by atoms with van der Waals surface area (Å²) in [7, 11) is 0. The fourth-order valence-electron chi connectivity index (χ4n) is 2.79. The van der Waals surface area contributed by atoms with Gasteiger partial charge in [0, 0.05) is 29.0 Å². The molecule has 0 radical (unpaired) electrons. The zero-order valence-corrected chi connectivity index (χ0v) is 13.2. The van der Waals surface area contributed by atoms with Gasteiger partial charge in [-0.25, -0.2) is 9.97 Å². The van der Waals surface area contributed by atoms with Crippen LogP contribution >= 0.6 is 23.5 Å². The molecule has 3 rings (SSSR count). The number of aromatic nitrogens is 2. The quantitative estimate of drug-likeness (QED) is 0.908. The highest BCUT2D eigenvalue weighted by molar-refractivity contribution is 8.06. The Bertz CT molecular complexity index is 447. The van der Waals surface area contributed by atoms with E-state index in [1.807, 2.05) is 11.8 Å². The minimum absolute atomic E-state index is 0.469. The predicted molar refractivity (Wildman–Crippen MR) is 83.9 cm³/mol. The third-order valence-electron chi connectivity index (χ3n) is 3.82. The summed E-state index contributed by atoms with van der Waals surface area (Å²) in [5.74, 6) is 3.55. The first-order valence-corrected chi connectivity index (χ1v) is 9.21. The van der Waals surface area contributed by atoms with Gasteiger partial charge >= 0.3 is 0 Å². The molecule has 0 saturated carbocycles. The lowest BCUT2D eigenvalue weighted by Crippen LogP contribution is -2.28. The number of fused-ring (bicyclic) bond motifs is 1. The fraction of sp³-hybridized carbons (Fsp3) is 0.714. The molecule has 0 spiro atoms. The van der Waals surface area contributed by atoms with Gasteiger partial charge in [0.25, 0.3) is 0 Å². The number of rotatable bonds is 2. The first-order chi connectivity index (χ1) is 9.29. The van der Waals surface area contributed by atoms with Crippen molar-refractivity contribution in [2.24, 2.45) is 0 Å². The van der Waals surface area contributed by atoms with Gasteiger partial charge in [0.05, 0.1) is 10.9 Å². The molecule has 104 valence electrons. The van der Waals surface area contributed by atoms with E-state index in [2.05, 4.69) is 30.9 Å². The van der Waals surface area contributed by atoms with E-state index in [4.69, 9.17) is 9.97 Å². The van der Waals surface area contributed by atoms with Gasteiger partial charge < -0.3 is 5.32 Å². The molecule has 2 atom stereocenters. The molecule has 3 nitrogen and oxygen atoms in total. The van der Waals surface area contributed by atoms with Gasteiger partial charge in [-0.1, -0.05) is 13.8 Å². The molecular formula is C14H21N3S2. The van der Waals surface area contributed by atoms with Gasteiger partial charge in [-0.2, -0.15) is 11.8 Å². The third kappa shape index (κ3) is 2.78. The fourth-order valence-corrected chi connectivity index (χ4v) is 5.48. The maximum Gasteiger partial charge on any atom is 0.142 e. The van der Waals surface area contributed by atoms with Gasteiger partial charge in [-0.15, -0.1) is 11.8 Å². The maximum absolute atomic E-state index is 4.91. The first-order valence-electron chi connectivity index (χ1n) is 7.12. The minimum Gasteiger partial charge on any atom is -0.311 e. The highest BCUT2D eigenvalue weighted by Gasteiger charge is 2.28. The van der Waals surface area contributed by atoms with E-state index in [0.29, 0.717) is 10.5 Å². The van der Waals surface area contributed by atoms with Gasteiger partial charge in [0.15, 0.2) is 0 Å². The predicted octanol–water partition coefficient (Wildman–Crippen LogP) is 2.59.